The Morgan fingerprint density at radius 2 is 1.94 bits per heavy atom. The number of phenols is 2. The Kier molecular flexibility index (Phi) is 4.82. The lowest BCUT2D eigenvalue weighted by Gasteiger charge is -2.12. The molecule has 0 aromatic heterocycles. The minimum Gasteiger partial charge on any atom is -0.504 e. The predicted molar refractivity (Wildman–Crippen MR) is 76.6 cm³/mol. The Labute approximate surface area is 113 Å². The number of halogens is 1. The Balaban J connectivity index is 0.00000162. The molecule has 0 saturated carbocycles. The molecule has 2 aromatic rings. The smallest absolute Gasteiger partial charge is 0.161 e. The Hall–Kier alpha value is -1.45. The van der Waals surface area contributed by atoms with Crippen LogP contribution in [-0.2, 0) is 6.54 Å². The van der Waals surface area contributed by atoms with Crippen molar-refractivity contribution in [2.24, 2.45) is 0 Å². The molecule has 0 saturated heterocycles. The monoisotopic (exact) mass is 267 g/mol. The topological polar surface area (TPSA) is 52.5 Å². The van der Waals surface area contributed by atoms with Gasteiger partial charge >= 0.3 is 0 Å². The highest BCUT2D eigenvalue weighted by Gasteiger charge is 2.11. The van der Waals surface area contributed by atoms with Crippen LogP contribution >= 0.6 is 12.4 Å². The number of hydrogen-bond donors (Lipinski definition) is 3. The summed E-state index contributed by atoms with van der Waals surface area (Å²) in [5, 5.41) is 24.6. The number of hydrogen-bond acceptors (Lipinski definition) is 3. The van der Waals surface area contributed by atoms with Gasteiger partial charge in [0.25, 0.3) is 0 Å². The van der Waals surface area contributed by atoms with Crippen molar-refractivity contribution in [2.75, 3.05) is 6.54 Å². The van der Waals surface area contributed by atoms with Gasteiger partial charge < -0.3 is 15.5 Å². The summed E-state index contributed by atoms with van der Waals surface area (Å²) >= 11 is 0. The summed E-state index contributed by atoms with van der Waals surface area (Å²) in [6, 6.07) is 7.55. The van der Waals surface area contributed by atoms with Gasteiger partial charge in [0.05, 0.1) is 0 Å². The zero-order valence-corrected chi connectivity index (χ0v) is 11.3. The minimum absolute atomic E-state index is 0. The number of nitrogens with one attached hydrogen (secondary N) is 1. The van der Waals surface area contributed by atoms with Gasteiger partial charge in [-0.25, -0.2) is 0 Å². The summed E-state index contributed by atoms with van der Waals surface area (Å²) in [7, 11) is 0. The number of rotatable bonds is 3. The summed E-state index contributed by atoms with van der Waals surface area (Å²) in [4.78, 5) is 0. The molecule has 0 radical (unpaired) electrons. The third-order valence-corrected chi connectivity index (χ3v) is 3.01. The number of aryl methyl sites for hydroxylation is 1. The highest BCUT2D eigenvalue weighted by Crippen LogP contribution is 2.36. The van der Waals surface area contributed by atoms with Gasteiger partial charge in [0, 0.05) is 12.1 Å². The first-order valence-electron chi connectivity index (χ1n) is 5.79. The summed E-state index contributed by atoms with van der Waals surface area (Å²) in [5.74, 6) is -0.0861. The maximum atomic E-state index is 9.78. The number of phenolic OH excluding ortho intramolecular Hbond substituents is 2. The lowest BCUT2D eigenvalue weighted by Crippen LogP contribution is -2.12. The molecular formula is C14H18ClNO2. The number of benzene rings is 2. The predicted octanol–water partition coefficient (Wildman–Crippen LogP) is 3.09. The second-order valence-electron chi connectivity index (χ2n) is 4.16. The zero-order chi connectivity index (χ0) is 12.4. The quantitative estimate of drug-likeness (QED) is 0.749. The molecule has 0 heterocycles. The van der Waals surface area contributed by atoms with Crippen LogP contribution in [0.4, 0.5) is 0 Å². The van der Waals surface area contributed by atoms with E-state index in [1.165, 1.54) is 0 Å². The van der Waals surface area contributed by atoms with Crippen LogP contribution in [0.15, 0.2) is 24.3 Å². The molecule has 0 aliphatic rings. The van der Waals surface area contributed by atoms with Gasteiger partial charge in [-0.05, 0) is 35.9 Å². The minimum atomic E-state index is -0.0596. The second-order valence-corrected chi connectivity index (χ2v) is 4.16. The van der Waals surface area contributed by atoms with Crippen molar-refractivity contribution in [2.45, 2.75) is 20.4 Å². The Morgan fingerprint density at radius 1 is 1.22 bits per heavy atom. The van der Waals surface area contributed by atoms with Gasteiger partial charge in [-0.15, -0.1) is 12.4 Å². The van der Waals surface area contributed by atoms with E-state index in [1.54, 1.807) is 6.07 Å². The van der Waals surface area contributed by atoms with Crippen LogP contribution in [0.2, 0.25) is 0 Å². The summed E-state index contributed by atoms with van der Waals surface area (Å²) in [6.45, 7) is 5.55. The van der Waals surface area contributed by atoms with Gasteiger partial charge in [0.1, 0.15) is 0 Å². The molecule has 0 bridgehead atoms. The third kappa shape index (κ3) is 2.52. The van der Waals surface area contributed by atoms with Gasteiger partial charge in [-0.2, -0.15) is 0 Å². The molecule has 0 atom stereocenters. The molecule has 98 valence electrons. The van der Waals surface area contributed by atoms with Crippen molar-refractivity contribution in [3.63, 3.8) is 0 Å². The summed E-state index contributed by atoms with van der Waals surface area (Å²) < 4.78 is 0. The van der Waals surface area contributed by atoms with Crippen LogP contribution in [0.5, 0.6) is 11.5 Å². The van der Waals surface area contributed by atoms with E-state index in [1.807, 2.05) is 25.1 Å². The molecule has 3 nitrogen and oxygen atoms in total. The van der Waals surface area contributed by atoms with Crippen molar-refractivity contribution in [1.29, 1.82) is 0 Å². The van der Waals surface area contributed by atoms with Crippen molar-refractivity contribution in [3.8, 4) is 11.5 Å². The van der Waals surface area contributed by atoms with E-state index in [2.05, 4.69) is 12.2 Å². The van der Waals surface area contributed by atoms with Gasteiger partial charge in [0.15, 0.2) is 11.5 Å². The van der Waals surface area contributed by atoms with Crippen LogP contribution < -0.4 is 5.32 Å². The first-order valence-corrected chi connectivity index (χ1v) is 5.79. The molecule has 0 spiro atoms. The lowest BCUT2D eigenvalue weighted by molar-refractivity contribution is 0.402. The van der Waals surface area contributed by atoms with E-state index in [0.717, 1.165) is 35.0 Å². The molecule has 0 amide bonds. The SMILES string of the molecule is CCNCc1cccc2cc(O)c(O)c(C)c12.Cl. The summed E-state index contributed by atoms with van der Waals surface area (Å²) in [5.41, 5.74) is 1.87. The Bertz CT molecular complexity index is 555. The highest BCUT2D eigenvalue weighted by atomic mass is 35.5. The molecule has 0 fully saturated rings. The summed E-state index contributed by atoms with van der Waals surface area (Å²) in [6.07, 6.45) is 0. The van der Waals surface area contributed by atoms with E-state index in [9.17, 15) is 10.2 Å². The average molecular weight is 268 g/mol. The van der Waals surface area contributed by atoms with Crippen LogP contribution in [0.3, 0.4) is 0 Å². The highest BCUT2D eigenvalue weighted by molar-refractivity contribution is 5.92. The normalized spacial score (nSPS) is 10.3. The first-order chi connectivity index (χ1) is 8.15. The van der Waals surface area contributed by atoms with E-state index in [0.29, 0.717) is 0 Å². The van der Waals surface area contributed by atoms with E-state index in [-0.39, 0.29) is 23.9 Å². The fourth-order valence-electron chi connectivity index (χ4n) is 2.13. The molecule has 3 N–H and O–H groups in total. The second kappa shape index (κ2) is 5.94. The van der Waals surface area contributed by atoms with Crippen LogP contribution in [0.1, 0.15) is 18.1 Å². The fourth-order valence-corrected chi connectivity index (χ4v) is 2.13. The third-order valence-electron chi connectivity index (χ3n) is 3.01. The number of fused-ring (bicyclic) bond motifs is 1. The fraction of sp³-hybridized carbons (Fsp3) is 0.286. The lowest BCUT2D eigenvalue weighted by atomic mass is 9.98. The van der Waals surface area contributed by atoms with Gasteiger partial charge in [0.2, 0.25) is 0 Å². The van der Waals surface area contributed by atoms with Gasteiger partial charge in [-0.1, -0.05) is 25.1 Å². The first kappa shape index (κ1) is 14.6. The van der Waals surface area contributed by atoms with Crippen molar-refractivity contribution < 1.29 is 10.2 Å². The zero-order valence-electron chi connectivity index (χ0n) is 10.5. The maximum absolute atomic E-state index is 9.78. The van der Waals surface area contributed by atoms with Crippen LogP contribution in [0.25, 0.3) is 10.8 Å². The average Bonchev–Trinajstić information content (AvgIpc) is 2.33. The number of aromatic hydroxyl groups is 2. The largest absolute Gasteiger partial charge is 0.504 e. The van der Waals surface area contributed by atoms with Crippen molar-refractivity contribution >= 4 is 23.2 Å². The molecule has 0 aliphatic carbocycles. The van der Waals surface area contributed by atoms with Crippen LogP contribution in [0, 0.1) is 6.92 Å². The standard InChI is InChI=1S/C14H17NO2.ClH/c1-3-15-8-11-6-4-5-10-7-12(16)14(17)9(2)13(10)11;/h4-7,15-17H,3,8H2,1-2H3;1H. The molecular weight excluding hydrogens is 250 g/mol. The molecule has 2 rings (SSSR count). The van der Waals surface area contributed by atoms with Crippen molar-refractivity contribution in [1.82, 2.24) is 5.32 Å². The molecule has 0 unspecified atom stereocenters. The molecule has 18 heavy (non-hydrogen) atoms. The Morgan fingerprint density at radius 3 is 2.61 bits per heavy atom. The van der Waals surface area contributed by atoms with Crippen molar-refractivity contribution in [3.05, 3.63) is 35.4 Å². The van der Waals surface area contributed by atoms with E-state index in [4.69, 9.17) is 0 Å². The van der Waals surface area contributed by atoms with E-state index < -0.39 is 0 Å². The molecule has 2 aromatic carbocycles. The molecule has 0 aliphatic heterocycles. The van der Waals surface area contributed by atoms with E-state index >= 15 is 0 Å². The van der Waals surface area contributed by atoms with Crippen LogP contribution in [-0.4, -0.2) is 16.8 Å². The maximum Gasteiger partial charge on any atom is 0.161 e. The molecule has 4 heteroatoms. The van der Waals surface area contributed by atoms with Gasteiger partial charge in [-0.3, -0.25) is 0 Å².